The van der Waals surface area contributed by atoms with Crippen LogP contribution >= 0.6 is 0 Å². The maximum absolute atomic E-state index is 12.5. The lowest BCUT2D eigenvalue weighted by Crippen LogP contribution is -2.46. The minimum absolute atomic E-state index is 0.132. The summed E-state index contributed by atoms with van der Waals surface area (Å²) in [5.74, 6) is -1.58. The van der Waals surface area contributed by atoms with Crippen LogP contribution in [-0.4, -0.2) is 64.0 Å². The first-order valence-corrected chi connectivity index (χ1v) is 8.02. The fourth-order valence-corrected chi connectivity index (χ4v) is 2.93. The second-order valence-electron chi connectivity index (χ2n) is 6.94. The minimum Gasteiger partial charge on any atom is -0.480 e. The van der Waals surface area contributed by atoms with Gasteiger partial charge in [0.2, 0.25) is 5.91 Å². The Morgan fingerprint density at radius 2 is 2.04 bits per heavy atom. The lowest BCUT2D eigenvalue weighted by Gasteiger charge is -2.35. The summed E-state index contributed by atoms with van der Waals surface area (Å²) in [5, 5.41) is 9.09. The number of carbonyl (C=O) groups excluding carboxylic acids is 2. The van der Waals surface area contributed by atoms with Crippen LogP contribution in [0.25, 0.3) is 0 Å². The van der Waals surface area contributed by atoms with Gasteiger partial charge in [0.1, 0.15) is 18.7 Å². The molecule has 1 aliphatic carbocycles. The number of ether oxygens (including phenoxy) is 1. The highest BCUT2D eigenvalue weighted by molar-refractivity contribution is 5.83. The van der Waals surface area contributed by atoms with Crippen molar-refractivity contribution in [2.45, 2.75) is 45.3 Å². The smallest absolute Gasteiger partial charge is 0.326 e. The fraction of sp³-hybridized carbons (Fsp3) is 0.588. The molecule has 2 rings (SSSR count). The largest absolute Gasteiger partial charge is 0.480 e. The Labute approximate surface area is 141 Å². The molecular formula is C17H24N2O5. The van der Waals surface area contributed by atoms with Crippen LogP contribution in [0.4, 0.5) is 0 Å². The standard InChI is InChI=1S/C17H24N2O5/c1-17(2,3)24-16(23)11-19-13-7-5-4-6-12(13)18(10-15(21)22)9-8-14(19)20/h4-6,13H,7-11H2,1-3H3,(H,21,22). The molecule has 0 aromatic heterocycles. The number of nitrogens with zero attached hydrogens (tertiary/aromatic N) is 2. The number of hydrogen-bond donors (Lipinski definition) is 1. The van der Waals surface area contributed by atoms with Crippen LogP contribution in [0.15, 0.2) is 23.9 Å². The molecular weight excluding hydrogens is 312 g/mol. The molecule has 132 valence electrons. The van der Waals surface area contributed by atoms with Crippen molar-refractivity contribution in [3.63, 3.8) is 0 Å². The van der Waals surface area contributed by atoms with Gasteiger partial charge in [0, 0.05) is 18.7 Å². The monoisotopic (exact) mass is 336 g/mol. The van der Waals surface area contributed by atoms with Crippen LogP contribution in [0.2, 0.25) is 0 Å². The first-order chi connectivity index (χ1) is 11.2. The Balaban J connectivity index is 2.21. The Kier molecular flexibility index (Phi) is 5.31. The van der Waals surface area contributed by atoms with Gasteiger partial charge >= 0.3 is 11.9 Å². The number of carbonyl (C=O) groups is 3. The lowest BCUT2D eigenvalue weighted by atomic mass is 10.0. The summed E-state index contributed by atoms with van der Waals surface area (Å²) in [6.45, 7) is 5.36. The van der Waals surface area contributed by atoms with E-state index in [2.05, 4.69) is 0 Å². The lowest BCUT2D eigenvalue weighted by molar-refractivity contribution is -0.159. The van der Waals surface area contributed by atoms with Gasteiger partial charge in [0.15, 0.2) is 0 Å². The van der Waals surface area contributed by atoms with Crippen molar-refractivity contribution in [1.82, 2.24) is 9.80 Å². The molecule has 0 aromatic rings. The second kappa shape index (κ2) is 7.07. The van der Waals surface area contributed by atoms with Crippen LogP contribution in [0.3, 0.4) is 0 Å². The number of carboxylic acid groups (broad SMARTS) is 1. The molecule has 0 radical (unpaired) electrons. The first kappa shape index (κ1) is 18.0. The van der Waals surface area contributed by atoms with E-state index in [-0.39, 0.29) is 31.5 Å². The molecule has 0 spiro atoms. The Bertz CT molecular complexity index is 588. The fourth-order valence-electron chi connectivity index (χ4n) is 2.93. The Hall–Kier alpha value is -2.31. The van der Waals surface area contributed by atoms with E-state index < -0.39 is 17.5 Å². The van der Waals surface area contributed by atoms with Crippen LogP contribution < -0.4 is 0 Å². The van der Waals surface area contributed by atoms with Crippen molar-refractivity contribution in [1.29, 1.82) is 0 Å². The topological polar surface area (TPSA) is 87.2 Å². The highest BCUT2D eigenvalue weighted by Gasteiger charge is 2.35. The van der Waals surface area contributed by atoms with E-state index in [1.54, 1.807) is 25.7 Å². The van der Waals surface area contributed by atoms with Gasteiger partial charge in [0.25, 0.3) is 0 Å². The third kappa shape index (κ3) is 4.59. The van der Waals surface area contributed by atoms with Crippen molar-refractivity contribution in [2.24, 2.45) is 0 Å². The van der Waals surface area contributed by atoms with Crippen LogP contribution in [0, 0.1) is 0 Å². The number of hydrogen-bond acceptors (Lipinski definition) is 5. The third-order valence-corrected chi connectivity index (χ3v) is 3.81. The predicted octanol–water partition coefficient (Wildman–Crippen LogP) is 1.16. The summed E-state index contributed by atoms with van der Waals surface area (Å²) in [6.07, 6.45) is 6.30. The molecule has 1 heterocycles. The summed E-state index contributed by atoms with van der Waals surface area (Å²) >= 11 is 0. The maximum atomic E-state index is 12.5. The molecule has 1 saturated heterocycles. The number of carboxylic acids is 1. The molecule has 0 aromatic carbocycles. The van der Waals surface area contributed by atoms with Gasteiger partial charge in [-0.3, -0.25) is 14.4 Å². The highest BCUT2D eigenvalue weighted by Crippen LogP contribution is 2.27. The van der Waals surface area contributed by atoms with Gasteiger partial charge < -0.3 is 19.6 Å². The number of rotatable bonds is 4. The average molecular weight is 336 g/mol. The molecule has 1 aliphatic heterocycles. The molecule has 0 saturated carbocycles. The van der Waals surface area contributed by atoms with Crippen LogP contribution in [-0.2, 0) is 19.1 Å². The molecule has 2 aliphatic rings. The van der Waals surface area contributed by atoms with E-state index in [9.17, 15) is 14.4 Å². The first-order valence-electron chi connectivity index (χ1n) is 8.02. The summed E-state index contributed by atoms with van der Waals surface area (Å²) in [6, 6.07) is -0.336. The van der Waals surface area contributed by atoms with E-state index in [4.69, 9.17) is 9.84 Å². The molecule has 1 unspecified atom stereocenters. The molecule has 1 amide bonds. The van der Waals surface area contributed by atoms with E-state index in [0.29, 0.717) is 13.0 Å². The average Bonchev–Trinajstić information content (AvgIpc) is 2.57. The van der Waals surface area contributed by atoms with Gasteiger partial charge in [-0.1, -0.05) is 12.2 Å². The maximum Gasteiger partial charge on any atom is 0.326 e. The Morgan fingerprint density at radius 3 is 2.67 bits per heavy atom. The number of allylic oxidation sites excluding steroid dienone is 2. The summed E-state index contributed by atoms with van der Waals surface area (Å²) in [5.41, 5.74) is 0.140. The second-order valence-corrected chi connectivity index (χ2v) is 6.94. The van der Waals surface area contributed by atoms with Gasteiger partial charge in [-0.2, -0.15) is 0 Å². The van der Waals surface area contributed by atoms with Crippen molar-refractivity contribution in [2.75, 3.05) is 19.6 Å². The van der Waals surface area contributed by atoms with Crippen LogP contribution in [0.5, 0.6) is 0 Å². The van der Waals surface area contributed by atoms with E-state index >= 15 is 0 Å². The van der Waals surface area contributed by atoms with E-state index in [1.807, 2.05) is 18.2 Å². The molecule has 1 fully saturated rings. The summed E-state index contributed by atoms with van der Waals surface area (Å²) in [4.78, 5) is 38.9. The number of fused-ring (bicyclic) bond motifs is 1. The van der Waals surface area contributed by atoms with Crippen molar-refractivity contribution >= 4 is 17.8 Å². The zero-order valence-electron chi connectivity index (χ0n) is 14.3. The van der Waals surface area contributed by atoms with Gasteiger partial charge in [-0.05, 0) is 33.3 Å². The molecule has 7 heteroatoms. The normalized spacial score (nSPS) is 21.0. The van der Waals surface area contributed by atoms with Crippen molar-refractivity contribution < 1.29 is 24.2 Å². The number of aliphatic carboxylic acids is 1. The van der Waals surface area contributed by atoms with Crippen molar-refractivity contribution in [3.05, 3.63) is 23.9 Å². The predicted molar refractivity (Wildman–Crippen MR) is 87.0 cm³/mol. The van der Waals surface area contributed by atoms with Gasteiger partial charge in [0.05, 0.1) is 6.04 Å². The molecule has 1 atom stereocenters. The van der Waals surface area contributed by atoms with E-state index in [1.165, 1.54) is 4.90 Å². The van der Waals surface area contributed by atoms with Crippen molar-refractivity contribution in [3.8, 4) is 0 Å². The van der Waals surface area contributed by atoms with Gasteiger partial charge in [-0.25, -0.2) is 0 Å². The summed E-state index contributed by atoms with van der Waals surface area (Å²) < 4.78 is 5.32. The zero-order chi connectivity index (χ0) is 17.9. The molecule has 24 heavy (non-hydrogen) atoms. The molecule has 7 nitrogen and oxygen atoms in total. The highest BCUT2D eigenvalue weighted by atomic mass is 16.6. The summed E-state index contributed by atoms with van der Waals surface area (Å²) in [7, 11) is 0. The quantitative estimate of drug-likeness (QED) is 0.775. The van der Waals surface area contributed by atoms with E-state index in [0.717, 1.165) is 5.70 Å². The van der Waals surface area contributed by atoms with Gasteiger partial charge in [-0.15, -0.1) is 0 Å². The zero-order valence-corrected chi connectivity index (χ0v) is 14.3. The minimum atomic E-state index is -0.947. The molecule has 0 bridgehead atoms. The number of esters is 1. The Morgan fingerprint density at radius 1 is 1.33 bits per heavy atom. The SMILES string of the molecule is CC(C)(C)OC(=O)CN1C(=O)CCN(CC(=O)O)C2=CC=CCC21. The number of amides is 1. The molecule has 1 N–H and O–H groups in total. The van der Waals surface area contributed by atoms with Crippen LogP contribution in [0.1, 0.15) is 33.6 Å². The third-order valence-electron chi connectivity index (χ3n) is 3.81.